The van der Waals surface area contributed by atoms with Crippen molar-refractivity contribution in [3.63, 3.8) is 0 Å². The molecule has 10 heteroatoms. The van der Waals surface area contributed by atoms with Gasteiger partial charge in [0.05, 0.1) is 35.1 Å². The highest BCUT2D eigenvalue weighted by molar-refractivity contribution is 5.76. The van der Waals surface area contributed by atoms with Crippen molar-refractivity contribution in [2.75, 3.05) is 6.61 Å². The fourth-order valence-corrected chi connectivity index (χ4v) is 1.61. The molecule has 0 unspecified atom stereocenters. The van der Waals surface area contributed by atoms with Gasteiger partial charge in [0.25, 0.3) is 5.69 Å². The number of nitrogens with zero attached hydrogens (tertiary/aromatic N) is 2. The monoisotopic (exact) mass is 318 g/mol. The Morgan fingerprint density at radius 2 is 2.09 bits per heavy atom. The van der Waals surface area contributed by atoms with E-state index in [-0.39, 0.29) is 6.61 Å². The van der Waals surface area contributed by atoms with Gasteiger partial charge in [-0.25, -0.2) is 0 Å². The number of nitro benzene ring substituents is 1. The van der Waals surface area contributed by atoms with Crippen LogP contribution >= 0.6 is 0 Å². The number of alkyl halides is 3. The van der Waals surface area contributed by atoms with E-state index in [4.69, 9.17) is 5.26 Å². The highest BCUT2D eigenvalue weighted by Gasteiger charge is 2.35. The standard InChI is InChI=1S/C12H9F3N2O5/c1-2-21-11(18)5-8-9(17(19)20)3-7(6-16)4-10(8)22-12(13,14)15/h3-4H,2,5H2,1H3. The van der Waals surface area contributed by atoms with E-state index >= 15 is 0 Å². The van der Waals surface area contributed by atoms with Crippen LogP contribution in [0.4, 0.5) is 18.9 Å². The summed E-state index contributed by atoms with van der Waals surface area (Å²) in [5.74, 6) is -1.94. The molecular weight excluding hydrogens is 309 g/mol. The minimum absolute atomic E-state index is 0.0433. The summed E-state index contributed by atoms with van der Waals surface area (Å²) < 4.78 is 45.4. The van der Waals surface area contributed by atoms with Crippen LogP contribution in [0, 0.1) is 21.4 Å². The molecule has 0 aliphatic heterocycles. The Morgan fingerprint density at radius 3 is 2.55 bits per heavy atom. The third-order valence-electron chi connectivity index (χ3n) is 2.36. The third-order valence-corrected chi connectivity index (χ3v) is 2.36. The first kappa shape index (κ1) is 17.2. The molecule has 0 N–H and O–H groups in total. The van der Waals surface area contributed by atoms with Crippen LogP contribution in [0.25, 0.3) is 0 Å². The van der Waals surface area contributed by atoms with Crippen LogP contribution in [0.5, 0.6) is 5.75 Å². The Kier molecular flexibility index (Phi) is 5.28. The molecule has 0 aliphatic rings. The maximum atomic E-state index is 12.4. The highest BCUT2D eigenvalue weighted by atomic mass is 19.4. The number of carbonyl (C=O) groups is 1. The van der Waals surface area contributed by atoms with Gasteiger partial charge >= 0.3 is 12.3 Å². The Balaban J connectivity index is 3.42. The molecule has 0 saturated heterocycles. The Labute approximate surface area is 122 Å². The van der Waals surface area contributed by atoms with Crippen LogP contribution in [0.2, 0.25) is 0 Å². The topological polar surface area (TPSA) is 102 Å². The minimum atomic E-state index is -5.13. The van der Waals surface area contributed by atoms with Crippen molar-refractivity contribution < 1.29 is 32.4 Å². The lowest BCUT2D eigenvalue weighted by Crippen LogP contribution is -2.20. The van der Waals surface area contributed by atoms with Crippen LogP contribution in [0.3, 0.4) is 0 Å². The zero-order valence-electron chi connectivity index (χ0n) is 11.1. The highest BCUT2D eigenvalue weighted by Crippen LogP contribution is 2.34. The van der Waals surface area contributed by atoms with E-state index in [2.05, 4.69) is 9.47 Å². The molecule has 0 aromatic heterocycles. The quantitative estimate of drug-likeness (QED) is 0.469. The predicted molar refractivity (Wildman–Crippen MR) is 64.8 cm³/mol. The summed E-state index contributed by atoms with van der Waals surface area (Å²) in [5, 5.41) is 19.7. The average Bonchev–Trinajstić information content (AvgIpc) is 2.38. The lowest BCUT2D eigenvalue weighted by atomic mass is 10.1. The third kappa shape index (κ3) is 4.62. The van der Waals surface area contributed by atoms with Crippen molar-refractivity contribution in [3.8, 4) is 11.8 Å². The normalized spacial score (nSPS) is 10.7. The first-order chi connectivity index (χ1) is 10.2. The molecule has 0 radical (unpaired) electrons. The molecule has 0 saturated carbocycles. The minimum Gasteiger partial charge on any atom is -0.466 e. The van der Waals surface area contributed by atoms with E-state index in [0.29, 0.717) is 6.07 Å². The van der Waals surface area contributed by atoms with Crippen LogP contribution in [0.1, 0.15) is 18.1 Å². The molecule has 1 rings (SSSR count). The van der Waals surface area contributed by atoms with Gasteiger partial charge in [-0.2, -0.15) is 5.26 Å². The molecule has 0 heterocycles. The molecule has 0 fully saturated rings. The molecule has 0 aliphatic carbocycles. The fraction of sp³-hybridized carbons (Fsp3) is 0.333. The summed E-state index contributed by atoms with van der Waals surface area (Å²) in [6.07, 6.45) is -5.92. The summed E-state index contributed by atoms with van der Waals surface area (Å²) in [6.45, 7) is 1.43. The van der Waals surface area contributed by atoms with Crippen molar-refractivity contribution >= 4 is 11.7 Å². The summed E-state index contributed by atoms with van der Waals surface area (Å²) in [4.78, 5) is 21.4. The zero-order chi connectivity index (χ0) is 16.9. The van der Waals surface area contributed by atoms with Gasteiger partial charge < -0.3 is 9.47 Å². The molecule has 0 spiro atoms. The second kappa shape index (κ2) is 6.75. The van der Waals surface area contributed by atoms with E-state index in [1.807, 2.05) is 0 Å². The smallest absolute Gasteiger partial charge is 0.466 e. The number of hydrogen-bond donors (Lipinski definition) is 0. The molecule has 0 atom stereocenters. The first-order valence-corrected chi connectivity index (χ1v) is 5.80. The van der Waals surface area contributed by atoms with E-state index in [1.54, 1.807) is 0 Å². The molecular formula is C12H9F3N2O5. The Bertz CT molecular complexity index is 637. The fourth-order valence-electron chi connectivity index (χ4n) is 1.61. The molecule has 1 aromatic carbocycles. The largest absolute Gasteiger partial charge is 0.573 e. The number of ether oxygens (including phenoxy) is 2. The van der Waals surface area contributed by atoms with Gasteiger partial charge in [-0.15, -0.1) is 13.2 Å². The molecule has 1 aromatic rings. The van der Waals surface area contributed by atoms with Crippen LogP contribution in [0.15, 0.2) is 12.1 Å². The second-order valence-corrected chi connectivity index (χ2v) is 3.87. The SMILES string of the molecule is CCOC(=O)Cc1c(OC(F)(F)F)cc(C#N)cc1[N+](=O)[O-]. The number of halogens is 3. The van der Waals surface area contributed by atoms with Crippen molar-refractivity contribution in [1.82, 2.24) is 0 Å². The van der Waals surface area contributed by atoms with Gasteiger partial charge in [0.1, 0.15) is 5.75 Å². The zero-order valence-corrected chi connectivity index (χ0v) is 11.1. The van der Waals surface area contributed by atoms with Crippen LogP contribution < -0.4 is 4.74 Å². The predicted octanol–water partition coefficient (Wildman–Crippen LogP) is 2.47. The number of carbonyl (C=O) groups excluding carboxylic acids is 1. The lowest BCUT2D eigenvalue weighted by Gasteiger charge is -2.13. The van der Waals surface area contributed by atoms with Gasteiger partial charge in [-0.1, -0.05) is 0 Å². The molecule has 0 amide bonds. The van der Waals surface area contributed by atoms with E-state index in [0.717, 1.165) is 6.07 Å². The Hall–Kier alpha value is -2.83. The van der Waals surface area contributed by atoms with Gasteiger partial charge in [0, 0.05) is 6.07 Å². The molecule has 22 heavy (non-hydrogen) atoms. The summed E-state index contributed by atoms with van der Waals surface area (Å²) >= 11 is 0. The summed E-state index contributed by atoms with van der Waals surface area (Å²) in [6, 6.07) is 2.92. The van der Waals surface area contributed by atoms with Crippen molar-refractivity contribution in [2.24, 2.45) is 0 Å². The number of benzene rings is 1. The maximum absolute atomic E-state index is 12.4. The van der Waals surface area contributed by atoms with Crippen LogP contribution in [-0.4, -0.2) is 23.9 Å². The molecule has 0 bridgehead atoms. The summed E-state index contributed by atoms with van der Waals surface area (Å²) in [7, 11) is 0. The number of esters is 1. The second-order valence-electron chi connectivity index (χ2n) is 3.87. The number of nitro groups is 1. The van der Waals surface area contributed by atoms with E-state index < -0.39 is 46.2 Å². The first-order valence-electron chi connectivity index (χ1n) is 5.80. The van der Waals surface area contributed by atoms with Crippen molar-refractivity contribution in [2.45, 2.75) is 19.7 Å². The number of nitriles is 1. The van der Waals surface area contributed by atoms with Gasteiger partial charge in [0.2, 0.25) is 0 Å². The lowest BCUT2D eigenvalue weighted by molar-refractivity contribution is -0.385. The van der Waals surface area contributed by atoms with Crippen molar-refractivity contribution in [1.29, 1.82) is 5.26 Å². The van der Waals surface area contributed by atoms with Gasteiger partial charge in [-0.05, 0) is 13.0 Å². The molecule has 118 valence electrons. The van der Waals surface area contributed by atoms with E-state index in [9.17, 15) is 28.1 Å². The number of hydrogen-bond acceptors (Lipinski definition) is 6. The van der Waals surface area contributed by atoms with Crippen molar-refractivity contribution in [3.05, 3.63) is 33.4 Å². The average molecular weight is 318 g/mol. The van der Waals surface area contributed by atoms with Crippen LogP contribution in [-0.2, 0) is 16.0 Å². The maximum Gasteiger partial charge on any atom is 0.573 e. The van der Waals surface area contributed by atoms with E-state index in [1.165, 1.54) is 13.0 Å². The molecule has 7 nitrogen and oxygen atoms in total. The van der Waals surface area contributed by atoms with Gasteiger partial charge in [0.15, 0.2) is 0 Å². The van der Waals surface area contributed by atoms with Gasteiger partial charge in [-0.3, -0.25) is 14.9 Å². The Morgan fingerprint density at radius 1 is 1.45 bits per heavy atom. The summed E-state index contributed by atoms with van der Waals surface area (Å²) in [5.41, 5.74) is -1.84. The number of rotatable bonds is 5.